The molecule has 1 aliphatic heterocycles. The number of carbonyl (C=O) groups is 4. The van der Waals surface area contributed by atoms with Crippen LogP contribution in [0.15, 0.2) is 25.3 Å². The molecule has 0 aromatic heterocycles. The Kier molecular flexibility index (Phi) is 10.8. The van der Waals surface area contributed by atoms with Crippen molar-refractivity contribution in [3.63, 3.8) is 0 Å². The van der Waals surface area contributed by atoms with E-state index in [1.165, 1.54) is 17.1 Å². The summed E-state index contributed by atoms with van der Waals surface area (Å²) >= 11 is 17.1. The van der Waals surface area contributed by atoms with Gasteiger partial charge in [-0.25, -0.2) is 4.79 Å². The van der Waals surface area contributed by atoms with E-state index >= 15 is 0 Å². The van der Waals surface area contributed by atoms with Gasteiger partial charge in [-0.1, -0.05) is 47.0 Å². The molecule has 1 aliphatic rings. The number of halogens is 3. The van der Waals surface area contributed by atoms with Crippen LogP contribution in [-0.4, -0.2) is 69.7 Å². The second-order valence-electron chi connectivity index (χ2n) is 6.98. The Morgan fingerprint density at radius 1 is 0.812 bits per heavy atom. The Bertz CT molecular complexity index is 701. The van der Waals surface area contributed by atoms with Crippen molar-refractivity contribution >= 4 is 58.8 Å². The van der Waals surface area contributed by atoms with Crippen molar-refractivity contribution in [1.29, 1.82) is 0 Å². The first-order chi connectivity index (χ1) is 14.8. The fourth-order valence-corrected chi connectivity index (χ4v) is 3.68. The molecule has 5 atom stereocenters. The number of hydrogen-bond donors (Lipinski definition) is 0. The lowest BCUT2D eigenvalue weighted by Crippen LogP contribution is -2.69. The van der Waals surface area contributed by atoms with Crippen LogP contribution in [0.5, 0.6) is 0 Å². The van der Waals surface area contributed by atoms with E-state index in [1.54, 1.807) is 0 Å². The quantitative estimate of drug-likeness (QED) is 0.210. The summed E-state index contributed by atoms with van der Waals surface area (Å²) in [5.74, 6) is -2.12. The molecule has 1 rings (SSSR count). The van der Waals surface area contributed by atoms with Crippen molar-refractivity contribution in [2.45, 2.75) is 67.8 Å². The van der Waals surface area contributed by atoms with Gasteiger partial charge in [0.2, 0.25) is 3.79 Å². The number of alkyl halides is 3. The second kappa shape index (κ2) is 12.3. The molecule has 9 nitrogen and oxygen atoms in total. The third-order valence-electron chi connectivity index (χ3n) is 4.41. The molecule has 0 aliphatic carbocycles. The van der Waals surface area contributed by atoms with Crippen LogP contribution in [0, 0.1) is 0 Å². The van der Waals surface area contributed by atoms with Crippen molar-refractivity contribution in [2.24, 2.45) is 0 Å². The van der Waals surface area contributed by atoms with Crippen molar-refractivity contribution in [1.82, 2.24) is 4.90 Å². The highest BCUT2D eigenvalue weighted by atomic mass is 35.6. The van der Waals surface area contributed by atoms with Gasteiger partial charge in [0.25, 0.3) is 0 Å². The van der Waals surface area contributed by atoms with E-state index in [-0.39, 0.29) is 12.8 Å². The molecular formula is C20H26Cl3NO8. The number of piperidine rings is 1. The van der Waals surface area contributed by atoms with Crippen LogP contribution in [0.25, 0.3) is 0 Å². The summed E-state index contributed by atoms with van der Waals surface area (Å²) in [5.41, 5.74) is 0. The predicted molar refractivity (Wildman–Crippen MR) is 117 cm³/mol. The molecule has 0 radical (unpaired) electrons. The van der Waals surface area contributed by atoms with Crippen LogP contribution < -0.4 is 0 Å². The average molecular weight is 515 g/mol. The Morgan fingerprint density at radius 2 is 1.19 bits per heavy atom. The zero-order chi connectivity index (χ0) is 24.6. The fourth-order valence-electron chi connectivity index (χ4n) is 3.51. The Labute approximate surface area is 201 Å². The normalized spacial score (nSPS) is 25.3. The number of likely N-dealkylation sites (tertiary alicyclic amines) is 1. The van der Waals surface area contributed by atoms with E-state index in [9.17, 15) is 19.2 Å². The third kappa shape index (κ3) is 8.18. The summed E-state index contributed by atoms with van der Waals surface area (Å²) in [5, 5.41) is 0. The van der Waals surface area contributed by atoms with E-state index in [1.807, 2.05) is 0 Å². The van der Waals surface area contributed by atoms with Gasteiger partial charge in [-0.05, 0) is 12.8 Å². The first-order valence-electron chi connectivity index (χ1n) is 9.57. The van der Waals surface area contributed by atoms with Crippen molar-refractivity contribution in [3.05, 3.63) is 25.3 Å². The molecular weight excluding hydrogens is 489 g/mol. The molecule has 0 spiro atoms. The van der Waals surface area contributed by atoms with Gasteiger partial charge >= 0.3 is 24.0 Å². The summed E-state index contributed by atoms with van der Waals surface area (Å²) in [6, 6.07) is -1.80. The Hall–Kier alpha value is -1.97. The third-order valence-corrected chi connectivity index (χ3v) is 4.74. The van der Waals surface area contributed by atoms with Crippen LogP contribution >= 0.6 is 34.8 Å². The number of amides is 1. The zero-order valence-electron chi connectivity index (χ0n) is 17.9. The average Bonchev–Trinajstić information content (AvgIpc) is 2.64. The van der Waals surface area contributed by atoms with E-state index in [0.29, 0.717) is 0 Å². The largest absolute Gasteiger partial charge is 0.456 e. The van der Waals surface area contributed by atoms with Crippen LogP contribution in [-0.2, 0) is 33.3 Å². The predicted octanol–water partition coefficient (Wildman–Crippen LogP) is 3.49. The Balaban J connectivity index is 3.60. The summed E-state index contributed by atoms with van der Waals surface area (Å²) in [4.78, 5) is 49.9. The topological polar surface area (TPSA) is 108 Å². The summed E-state index contributed by atoms with van der Waals surface area (Å²) in [7, 11) is 0. The number of ether oxygens (including phenoxy) is 4. The molecule has 1 heterocycles. The number of carbonyl (C=O) groups excluding carboxylic acids is 4. The van der Waals surface area contributed by atoms with Crippen LogP contribution in [0.2, 0.25) is 0 Å². The first kappa shape index (κ1) is 28.1. The number of hydrogen-bond acceptors (Lipinski definition) is 8. The highest BCUT2D eigenvalue weighted by Gasteiger charge is 2.55. The minimum Gasteiger partial charge on any atom is -0.456 e. The molecule has 32 heavy (non-hydrogen) atoms. The number of rotatable bonds is 8. The van der Waals surface area contributed by atoms with Gasteiger partial charge in [0.1, 0.15) is 6.61 Å². The fraction of sp³-hybridized carbons (Fsp3) is 0.600. The minimum atomic E-state index is -1.88. The number of esters is 3. The highest BCUT2D eigenvalue weighted by Crippen LogP contribution is 2.35. The van der Waals surface area contributed by atoms with Crippen molar-refractivity contribution in [2.75, 3.05) is 6.61 Å². The van der Waals surface area contributed by atoms with Crippen LogP contribution in [0.3, 0.4) is 0 Å². The highest BCUT2D eigenvalue weighted by molar-refractivity contribution is 6.67. The monoisotopic (exact) mass is 513 g/mol. The molecule has 1 fully saturated rings. The smallest absolute Gasteiger partial charge is 0.410 e. The SMILES string of the molecule is C=CC[C@@H]1[C@H](OC(C)=O)C(OC(C)=O)[C@H](OC(C)=O)[C@H](CC=C)N1C(=O)OCC(Cl)(Cl)Cl. The van der Waals surface area contributed by atoms with Crippen molar-refractivity contribution < 1.29 is 38.1 Å². The molecule has 1 unspecified atom stereocenters. The van der Waals surface area contributed by atoms with E-state index in [2.05, 4.69) is 13.2 Å². The van der Waals surface area contributed by atoms with Gasteiger partial charge in [0, 0.05) is 20.8 Å². The standard InChI is InChI=1S/C20H26Cl3NO8/c1-6-8-14-16(30-11(3)25)18(32-13(5)27)17(31-12(4)26)15(9-7-2)24(14)19(28)29-10-20(21,22)23/h6-7,14-18H,1-2,8-10H2,3-5H3/t14-,15+,16+,17-,18?. The van der Waals surface area contributed by atoms with Gasteiger partial charge in [-0.15, -0.1) is 13.2 Å². The summed E-state index contributed by atoms with van der Waals surface area (Å²) in [6.45, 7) is 10.2. The zero-order valence-corrected chi connectivity index (χ0v) is 20.2. The lowest BCUT2D eigenvalue weighted by atomic mass is 9.84. The minimum absolute atomic E-state index is 0.110. The second-order valence-corrected chi connectivity index (χ2v) is 9.50. The molecule has 12 heteroatoms. The lowest BCUT2D eigenvalue weighted by molar-refractivity contribution is -0.210. The van der Waals surface area contributed by atoms with Crippen LogP contribution in [0.4, 0.5) is 4.79 Å². The maximum absolute atomic E-state index is 13.1. The number of nitrogens with zero attached hydrogens (tertiary/aromatic N) is 1. The summed E-state index contributed by atoms with van der Waals surface area (Å²) in [6.07, 6.45) is -1.37. The first-order valence-corrected chi connectivity index (χ1v) is 10.7. The van der Waals surface area contributed by atoms with E-state index in [0.717, 1.165) is 20.8 Å². The van der Waals surface area contributed by atoms with Gasteiger partial charge in [0.15, 0.2) is 18.3 Å². The maximum Gasteiger partial charge on any atom is 0.410 e. The molecule has 1 saturated heterocycles. The molecule has 180 valence electrons. The maximum atomic E-state index is 13.1. The summed E-state index contributed by atoms with van der Waals surface area (Å²) < 4.78 is 19.5. The molecule has 0 aromatic carbocycles. The van der Waals surface area contributed by atoms with Gasteiger partial charge in [-0.2, -0.15) is 0 Å². The molecule has 0 N–H and O–H groups in total. The lowest BCUT2D eigenvalue weighted by Gasteiger charge is -2.50. The van der Waals surface area contributed by atoms with Gasteiger partial charge in [-0.3, -0.25) is 19.3 Å². The van der Waals surface area contributed by atoms with E-state index in [4.69, 9.17) is 53.8 Å². The van der Waals surface area contributed by atoms with Gasteiger partial charge < -0.3 is 18.9 Å². The molecule has 1 amide bonds. The van der Waals surface area contributed by atoms with Crippen molar-refractivity contribution in [3.8, 4) is 0 Å². The molecule has 0 saturated carbocycles. The van der Waals surface area contributed by atoms with E-state index < -0.39 is 64.8 Å². The van der Waals surface area contributed by atoms with Gasteiger partial charge in [0.05, 0.1) is 12.1 Å². The van der Waals surface area contributed by atoms with Crippen LogP contribution in [0.1, 0.15) is 33.6 Å². The molecule has 0 bridgehead atoms. The Morgan fingerprint density at radius 3 is 1.50 bits per heavy atom. The molecule has 0 aromatic rings.